The molecule has 4 heteroatoms. The van der Waals surface area contributed by atoms with Gasteiger partial charge in [0.2, 0.25) is 0 Å². The zero-order chi connectivity index (χ0) is 16.8. The molecule has 0 atom stereocenters. The minimum Gasteiger partial charge on any atom is -0.279 e. The molecule has 0 heterocycles. The van der Waals surface area contributed by atoms with Gasteiger partial charge < -0.3 is 0 Å². The standard InChI is InChI=1S/C20H24N4/c1-20(2)14-18(23-21-16-9-5-3-6-10-16)13-19(15-20)24-22-17-11-7-4-8-12-17/h3-12,21-22H,13-15H2,1-2H3. The Morgan fingerprint density at radius 2 is 1.12 bits per heavy atom. The first-order chi connectivity index (χ1) is 11.6. The smallest absolute Gasteiger partial charge is 0.0561 e. The lowest BCUT2D eigenvalue weighted by atomic mass is 9.75. The number of nitrogens with one attached hydrogen (secondary N) is 2. The molecule has 0 spiro atoms. The average molecular weight is 320 g/mol. The number of para-hydroxylation sites is 2. The predicted molar refractivity (Wildman–Crippen MR) is 103 cm³/mol. The Hall–Kier alpha value is -2.62. The first kappa shape index (κ1) is 16.2. The third-order valence-corrected chi connectivity index (χ3v) is 4.01. The third-order valence-electron chi connectivity index (χ3n) is 4.01. The molecule has 0 radical (unpaired) electrons. The lowest BCUT2D eigenvalue weighted by Crippen LogP contribution is -2.30. The fraction of sp³-hybridized carbons (Fsp3) is 0.300. The van der Waals surface area contributed by atoms with Gasteiger partial charge in [-0.1, -0.05) is 50.2 Å². The number of hydrogen-bond acceptors (Lipinski definition) is 4. The second-order valence-electron chi connectivity index (χ2n) is 7.01. The Labute approximate surface area is 143 Å². The van der Waals surface area contributed by atoms with E-state index in [2.05, 4.69) is 34.9 Å². The van der Waals surface area contributed by atoms with Gasteiger partial charge in [0.05, 0.1) is 11.4 Å². The summed E-state index contributed by atoms with van der Waals surface area (Å²) in [6.45, 7) is 4.53. The van der Waals surface area contributed by atoms with Crippen molar-refractivity contribution in [3.8, 4) is 0 Å². The summed E-state index contributed by atoms with van der Waals surface area (Å²) in [6.07, 6.45) is 2.78. The topological polar surface area (TPSA) is 48.8 Å². The normalized spacial score (nSPS) is 20.1. The van der Waals surface area contributed by atoms with E-state index in [4.69, 9.17) is 0 Å². The fourth-order valence-electron chi connectivity index (χ4n) is 3.00. The average Bonchev–Trinajstić information content (AvgIpc) is 2.59. The molecular formula is C20H24N4. The molecule has 3 rings (SSSR count). The zero-order valence-corrected chi connectivity index (χ0v) is 14.3. The third kappa shape index (κ3) is 4.69. The molecule has 2 aromatic carbocycles. The van der Waals surface area contributed by atoms with Crippen molar-refractivity contribution < 1.29 is 0 Å². The van der Waals surface area contributed by atoms with Crippen LogP contribution in [0, 0.1) is 5.41 Å². The van der Waals surface area contributed by atoms with Crippen LogP contribution in [0.3, 0.4) is 0 Å². The number of hydrazone groups is 2. The van der Waals surface area contributed by atoms with Gasteiger partial charge in [-0.15, -0.1) is 0 Å². The highest BCUT2D eigenvalue weighted by Crippen LogP contribution is 2.32. The van der Waals surface area contributed by atoms with Crippen molar-refractivity contribution in [1.29, 1.82) is 0 Å². The quantitative estimate of drug-likeness (QED) is 0.767. The molecule has 24 heavy (non-hydrogen) atoms. The van der Waals surface area contributed by atoms with Crippen LogP contribution in [0.2, 0.25) is 0 Å². The summed E-state index contributed by atoms with van der Waals surface area (Å²) in [5.74, 6) is 0. The molecule has 124 valence electrons. The highest BCUT2D eigenvalue weighted by molar-refractivity contribution is 6.07. The van der Waals surface area contributed by atoms with Gasteiger partial charge in [-0.2, -0.15) is 10.2 Å². The minimum absolute atomic E-state index is 0.173. The molecule has 2 N–H and O–H groups in total. The number of benzene rings is 2. The van der Waals surface area contributed by atoms with Crippen molar-refractivity contribution in [1.82, 2.24) is 0 Å². The van der Waals surface area contributed by atoms with E-state index in [0.717, 1.165) is 42.1 Å². The summed E-state index contributed by atoms with van der Waals surface area (Å²) in [4.78, 5) is 0. The van der Waals surface area contributed by atoms with Crippen LogP contribution < -0.4 is 10.9 Å². The first-order valence-corrected chi connectivity index (χ1v) is 8.34. The van der Waals surface area contributed by atoms with Crippen LogP contribution in [0.4, 0.5) is 11.4 Å². The molecule has 1 aliphatic rings. The molecule has 0 saturated heterocycles. The summed E-state index contributed by atoms with van der Waals surface area (Å²) < 4.78 is 0. The molecule has 0 unspecified atom stereocenters. The molecule has 1 saturated carbocycles. The summed E-state index contributed by atoms with van der Waals surface area (Å²) >= 11 is 0. The van der Waals surface area contributed by atoms with E-state index in [1.807, 2.05) is 60.7 Å². The molecule has 1 fully saturated rings. The van der Waals surface area contributed by atoms with Crippen LogP contribution in [0.15, 0.2) is 70.9 Å². The van der Waals surface area contributed by atoms with Crippen LogP contribution in [-0.2, 0) is 0 Å². The van der Waals surface area contributed by atoms with Gasteiger partial charge in [-0.05, 0) is 42.5 Å². The van der Waals surface area contributed by atoms with Crippen molar-refractivity contribution in [2.75, 3.05) is 10.9 Å². The fourth-order valence-corrected chi connectivity index (χ4v) is 3.00. The van der Waals surface area contributed by atoms with E-state index in [1.54, 1.807) is 0 Å². The molecular weight excluding hydrogens is 296 g/mol. The number of rotatable bonds is 4. The molecule has 4 nitrogen and oxygen atoms in total. The Morgan fingerprint density at radius 1 is 0.708 bits per heavy atom. The number of anilines is 2. The molecule has 0 amide bonds. The molecule has 0 aliphatic heterocycles. The van der Waals surface area contributed by atoms with Crippen LogP contribution in [0.5, 0.6) is 0 Å². The SMILES string of the molecule is CC1(C)CC(=NNc2ccccc2)CC(=NNc2ccccc2)C1. The lowest BCUT2D eigenvalue weighted by Gasteiger charge is -2.31. The van der Waals surface area contributed by atoms with Crippen LogP contribution in [0.25, 0.3) is 0 Å². The van der Waals surface area contributed by atoms with Crippen molar-refractivity contribution in [2.45, 2.75) is 33.1 Å². The monoisotopic (exact) mass is 320 g/mol. The number of nitrogens with zero attached hydrogens (tertiary/aromatic N) is 2. The summed E-state index contributed by atoms with van der Waals surface area (Å²) in [7, 11) is 0. The van der Waals surface area contributed by atoms with Crippen molar-refractivity contribution in [3.63, 3.8) is 0 Å². The molecule has 0 bridgehead atoms. The molecule has 2 aromatic rings. The Balaban J connectivity index is 1.70. The van der Waals surface area contributed by atoms with E-state index in [9.17, 15) is 0 Å². The second-order valence-corrected chi connectivity index (χ2v) is 7.01. The van der Waals surface area contributed by atoms with Crippen molar-refractivity contribution >= 4 is 22.8 Å². The lowest BCUT2D eigenvalue weighted by molar-refractivity contribution is 0.389. The maximum Gasteiger partial charge on any atom is 0.0561 e. The van der Waals surface area contributed by atoms with Gasteiger partial charge in [0.15, 0.2) is 0 Å². The molecule has 1 aliphatic carbocycles. The van der Waals surface area contributed by atoms with Crippen LogP contribution >= 0.6 is 0 Å². The van der Waals surface area contributed by atoms with E-state index in [0.29, 0.717) is 0 Å². The van der Waals surface area contributed by atoms with Gasteiger partial charge in [0, 0.05) is 17.8 Å². The highest BCUT2D eigenvalue weighted by atomic mass is 15.3. The molecule has 0 aromatic heterocycles. The number of hydrogen-bond donors (Lipinski definition) is 2. The van der Waals surface area contributed by atoms with Gasteiger partial charge >= 0.3 is 0 Å². The largest absolute Gasteiger partial charge is 0.279 e. The van der Waals surface area contributed by atoms with E-state index < -0.39 is 0 Å². The highest BCUT2D eigenvalue weighted by Gasteiger charge is 2.29. The second kappa shape index (κ2) is 7.30. The first-order valence-electron chi connectivity index (χ1n) is 8.34. The minimum atomic E-state index is 0.173. The van der Waals surface area contributed by atoms with Gasteiger partial charge in [0.25, 0.3) is 0 Å². The maximum absolute atomic E-state index is 4.61. The zero-order valence-electron chi connectivity index (χ0n) is 14.3. The summed E-state index contributed by atoms with van der Waals surface area (Å²) in [5.41, 5.74) is 10.8. The predicted octanol–water partition coefficient (Wildman–Crippen LogP) is 5.13. The van der Waals surface area contributed by atoms with Crippen LogP contribution in [0.1, 0.15) is 33.1 Å². The van der Waals surface area contributed by atoms with Gasteiger partial charge in [0.1, 0.15) is 0 Å². The van der Waals surface area contributed by atoms with Crippen molar-refractivity contribution in [3.05, 3.63) is 60.7 Å². The maximum atomic E-state index is 4.61. The van der Waals surface area contributed by atoms with E-state index >= 15 is 0 Å². The summed E-state index contributed by atoms with van der Waals surface area (Å²) in [6, 6.07) is 20.1. The van der Waals surface area contributed by atoms with E-state index in [1.165, 1.54) is 0 Å². The summed E-state index contributed by atoms with van der Waals surface area (Å²) in [5, 5.41) is 9.22. The Bertz CT molecular complexity index is 656. The van der Waals surface area contributed by atoms with Crippen LogP contribution in [-0.4, -0.2) is 11.4 Å². The van der Waals surface area contributed by atoms with E-state index in [-0.39, 0.29) is 5.41 Å². The Kier molecular flexibility index (Phi) is 4.94. The van der Waals surface area contributed by atoms with Gasteiger partial charge in [-0.25, -0.2) is 0 Å². The van der Waals surface area contributed by atoms with Gasteiger partial charge in [-0.3, -0.25) is 10.9 Å². The Morgan fingerprint density at radius 3 is 1.54 bits per heavy atom. The van der Waals surface area contributed by atoms with Crippen molar-refractivity contribution in [2.24, 2.45) is 15.6 Å².